The molecule has 3 N–H and O–H groups in total. The first-order valence-electron chi connectivity index (χ1n) is 7.59. The lowest BCUT2D eigenvalue weighted by molar-refractivity contribution is -0.121. The highest BCUT2D eigenvalue weighted by Crippen LogP contribution is 2.26. The third kappa shape index (κ3) is 4.44. The SMILES string of the molecule is COc1ccc(C(CNC(=O)CCN)N2CCCC2)cc1. The van der Waals surface area contributed by atoms with E-state index in [1.807, 2.05) is 12.1 Å². The zero-order chi connectivity index (χ0) is 15.1. The van der Waals surface area contributed by atoms with Crippen molar-refractivity contribution in [3.8, 4) is 5.75 Å². The number of methoxy groups -OCH3 is 1. The lowest BCUT2D eigenvalue weighted by atomic mass is 10.1. The first-order valence-corrected chi connectivity index (χ1v) is 7.59. The van der Waals surface area contributed by atoms with Gasteiger partial charge in [0, 0.05) is 19.5 Å². The van der Waals surface area contributed by atoms with Crippen molar-refractivity contribution in [1.82, 2.24) is 10.2 Å². The highest BCUT2D eigenvalue weighted by Gasteiger charge is 2.23. The number of hydrogen-bond acceptors (Lipinski definition) is 4. The summed E-state index contributed by atoms with van der Waals surface area (Å²) in [5, 5.41) is 3.00. The third-order valence-corrected chi connectivity index (χ3v) is 3.95. The van der Waals surface area contributed by atoms with Crippen molar-refractivity contribution < 1.29 is 9.53 Å². The second-order valence-electron chi connectivity index (χ2n) is 5.37. The molecule has 116 valence electrons. The molecular weight excluding hydrogens is 266 g/mol. The first kappa shape index (κ1) is 15.8. The molecule has 21 heavy (non-hydrogen) atoms. The van der Waals surface area contributed by atoms with Crippen LogP contribution in [-0.2, 0) is 4.79 Å². The van der Waals surface area contributed by atoms with E-state index in [-0.39, 0.29) is 11.9 Å². The van der Waals surface area contributed by atoms with Crippen LogP contribution in [0.1, 0.15) is 30.9 Å². The van der Waals surface area contributed by atoms with Gasteiger partial charge in [-0.2, -0.15) is 0 Å². The molecule has 1 aliphatic heterocycles. The predicted molar refractivity (Wildman–Crippen MR) is 83.2 cm³/mol. The smallest absolute Gasteiger partial charge is 0.221 e. The van der Waals surface area contributed by atoms with Crippen LogP contribution in [0.25, 0.3) is 0 Å². The van der Waals surface area contributed by atoms with Crippen LogP contribution in [0.15, 0.2) is 24.3 Å². The van der Waals surface area contributed by atoms with Gasteiger partial charge in [-0.15, -0.1) is 0 Å². The van der Waals surface area contributed by atoms with E-state index in [1.165, 1.54) is 18.4 Å². The maximum atomic E-state index is 11.7. The van der Waals surface area contributed by atoms with Gasteiger partial charge in [0.2, 0.25) is 5.91 Å². The zero-order valence-electron chi connectivity index (χ0n) is 12.7. The standard InChI is InChI=1S/C16H25N3O2/c1-21-14-6-4-13(5-7-14)15(19-10-2-3-11-19)12-18-16(20)8-9-17/h4-7,15H,2-3,8-12,17H2,1H3,(H,18,20). The number of carbonyl (C=O) groups excluding carboxylic acids is 1. The molecule has 0 saturated carbocycles. The van der Waals surface area contributed by atoms with Gasteiger partial charge in [-0.05, 0) is 43.6 Å². The van der Waals surface area contributed by atoms with Crippen molar-refractivity contribution in [3.05, 3.63) is 29.8 Å². The summed E-state index contributed by atoms with van der Waals surface area (Å²) in [7, 11) is 1.67. The molecule has 1 aromatic carbocycles. The number of likely N-dealkylation sites (tertiary alicyclic amines) is 1. The number of rotatable bonds is 7. The van der Waals surface area contributed by atoms with E-state index in [2.05, 4.69) is 22.3 Å². The molecule has 5 nitrogen and oxygen atoms in total. The molecule has 1 atom stereocenters. The van der Waals surface area contributed by atoms with Gasteiger partial charge in [0.25, 0.3) is 0 Å². The van der Waals surface area contributed by atoms with Crippen LogP contribution in [0, 0.1) is 0 Å². The van der Waals surface area contributed by atoms with E-state index in [0.717, 1.165) is 18.8 Å². The fourth-order valence-electron chi connectivity index (χ4n) is 2.77. The Morgan fingerprint density at radius 2 is 2.00 bits per heavy atom. The highest BCUT2D eigenvalue weighted by atomic mass is 16.5. The van der Waals surface area contributed by atoms with Crippen LogP contribution in [-0.4, -0.2) is 44.1 Å². The van der Waals surface area contributed by atoms with Crippen LogP contribution in [0.4, 0.5) is 0 Å². The summed E-state index contributed by atoms with van der Waals surface area (Å²) in [6.45, 7) is 3.20. The molecule has 1 fully saturated rings. The van der Waals surface area contributed by atoms with Gasteiger partial charge in [0.05, 0.1) is 13.2 Å². The lowest BCUT2D eigenvalue weighted by Crippen LogP contribution is -2.37. The van der Waals surface area contributed by atoms with Gasteiger partial charge in [-0.3, -0.25) is 9.69 Å². The second kappa shape index (κ2) is 8.00. The van der Waals surface area contributed by atoms with Crippen LogP contribution >= 0.6 is 0 Å². The molecule has 0 aromatic heterocycles. The number of ether oxygens (including phenoxy) is 1. The molecule has 1 unspecified atom stereocenters. The summed E-state index contributed by atoms with van der Waals surface area (Å²) >= 11 is 0. The number of benzene rings is 1. The molecule has 1 aliphatic rings. The number of nitrogens with one attached hydrogen (secondary N) is 1. The normalized spacial score (nSPS) is 16.7. The average molecular weight is 291 g/mol. The molecule has 1 saturated heterocycles. The van der Waals surface area contributed by atoms with Crippen molar-refractivity contribution in [2.24, 2.45) is 5.73 Å². The summed E-state index contributed by atoms with van der Waals surface area (Å²) in [6.07, 6.45) is 2.84. The van der Waals surface area contributed by atoms with Crippen LogP contribution < -0.4 is 15.8 Å². The van der Waals surface area contributed by atoms with E-state index in [1.54, 1.807) is 7.11 Å². The predicted octanol–water partition coefficient (Wildman–Crippen LogP) is 1.30. The Hall–Kier alpha value is -1.59. The molecule has 0 radical (unpaired) electrons. The number of nitrogens with zero attached hydrogens (tertiary/aromatic N) is 1. The second-order valence-corrected chi connectivity index (χ2v) is 5.37. The van der Waals surface area contributed by atoms with Gasteiger partial charge in [0.15, 0.2) is 0 Å². The Bertz CT molecular complexity index is 441. The third-order valence-electron chi connectivity index (χ3n) is 3.95. The minimum absolute atomic E-state index is 0.0233. The van der Waals surface area contributed by atoms with E-state index in [0.29, 0.717) is 19.5 Å². The quantitative estimate of drug-likeness (QED) is 0.794. The molecule has 0 aliphatic carbocycles. The Morgan fingerprint density at radius 1 is 1.33 bits per heavy atom. The van der Waals surface area contributed by atoms with E-state index in [9.17, 15) is 4.79 Å². The van der Waals surface area contributed by atoms with Gasteiger partial charge < -0.3 is 15.8 Å². The van der Waals surface area contributed by atoms with Crippen molar-refractivity contribution in [2.45, 2.75) is 25.3 Å². The molecule has 1 amide bonds. The van der Waals surface area contributed by atoms with Crippen molar-refractivity contribution >= 4 is 5.91 Å². The lowest BCUT2D eigenvalue weighted by Gasteiger charge is -2.28. The summed E-state index contributed by atoms with van der Waals surface area (Å²) in [6, 6.07) is 8.33. The molecule has 1 heterocycles. The van der Waals surface area contributed by atoms with E-state index in [4.69, 9.17) is 10.5 Å². The average Bonchev–Trinajstić information content (AvgIpc) is 3.02. The number of carbonyl (C=O) groups is 1. The number of nitrogens with two attached hydrogens (primary N) is 1. The highest BCUT2D eigenvalue weighted by molar-refractivity contribution is 5.76. The summed E-state index contributed by atoms with van der Waals surface area (Å²) in [4.78, 5) is 14.1. The minimum atomic E-state index is 0.0233. The maximum absolute atomic E-state index is 11.7. The molecule has 1 aromatic rings. The van der Waals surface area contributed by atoms with Gasteiger partial charge in [0.1, 0.15) is 5.75 Å². The fourth-order valence-corrected chi connectivity index (χ4v) is 2.77. The molecule has 0 spiro atoms. The zero-order valence-corrected chi connectivity index (χ0v) is 12.7. The Labute approximate surface area is 126 Å². The summed E-state index contributed by atoms with van der Waals surface area (Å²) in [5.41, 5.74) is 6.63. The van der Waals surface area contributed by atoms with Crippen LogP contribution in [0.3, 0.4) is 0 Å². The van der Waals surface area contributed by atoms with E-state index < -0.39 is 0 Å². The van der Waals surface area contributed by atoms with Crippen molar-refractivity contribution in [1.29, 1.82) is 0 Å². The first-order chi connectivity index (χ1) is 10.2. The Kier molecular flexibility index (Phi) is 6.02. The molecule has 0 bridgehead atoms. The van der Waals surface area contributed by atoms with Gasteiger partial charge in [-0.25, -0.2) is 0 Å². The van der Waals surface area contributed by atoms with Gasteiger partial charge >= 0.3 is 0 Å². The number of amides is 1. The Balaban J connectivity index is 2.05. The maximum Gasteiger partial charge on any atom is 0.221 e. The van der Waals surface area contributed by atoms with Crippen molar-refractivity contribution in [2.75, 3.05) is 33.3 Å². The topological polar surface area (TPSA) is 67.6 Å². The molecule has 5 heteroatoms. The van der Waals surface area contributed by atoms with E-state index >= 15 is 0 Å². The Morgan fingerprint density at radius 3 is 2.57 bits per heavy atom. The summed E-state index contributed by atoms with van der Waals surface area (Å²) < 4.78 is 5.21. The minimum Gasteiger partial charge on any atom is -0.497 e. The largest absolute Gasteiger partial charge is 0.497 e. The summed E-state index contributed by atoms with van der Waals surface area (Å²) in [5.74, 6) is 0.876. The molecular formula is C16H25N3O2. The van der Waals surface area contributed by atoms with Crippen molar-refractivity contribution in [3.63, 3.8) is 0 Å². The monoisotopic (exact) mass is 291 g/mol. The van der Waals surface area contributed by atoms with Crippen LogP contribution in [0.2, 0.25) is 0 Å². The van der Waals surface area contributed by atoms with Gasteiger partial charge in [-0.1, -0.05) is 12.1 Å². The molecule has 2 rings (SSSR count). The van der Waals surface area contributed by atoms with Crippen LogP contribution in [0.5, 0.6) is 5.75 Å². The number of hydrogen-bond donors (Lipinski definition) is 2. The fraction of sp³-hybridized carbons (Fsp3) is 0.562.